The van der Waals surface area contributed by atoms with Crippen LogP contribution in [0.3, 0.4) is 0 Å². The van der Waals surface area contributed by atoms with E-state index in [1.807, 2.05) is 36.4 Å². The number of phenols is 2. The first kappa shape index (κ1) is 23.1. The van der Waals surface area contributed by atoms with Crippen LogP contribution < -0.4 is 0 Å². The van der Waals surface area contributed by atoms with E-state index < -0.39 is 0 Å². The molecule has 159 valence electrons. The number of hydrogen-bond acceptors (Lipinski definition) is 6. The molecule has 2 N–H and O–H groups in total. The Hall–Kier alpha value is -2.18. The second kappa shape index (κ2) is 12.4. The van der Waals surface area contributed by atoms with Crippen molar-refractivity contribution in [3.05, 3.63) is 59.7 Å². The Kier molecular flexibility index (Phi) is 9.88. The molecule has 4 rings (SSSR count). The summed E-state index contributed by atoms with van der Waals surface area (Å²) in [7, 11) is 0. The minimum Gasteiger partial charge on any atom is -0.507 e. The molecular weight excluding hydrogens is 416 g/mol. The summed E-state index contributed by atoms with van der Waals surface area (Å²) < 4.78 is 0. The molecule has 2 aromatic rings. The molecule has 0 bridgehead atoms. The molecule has 7 heteroatoms. The van der Waals surface area contributed by atoms with Gasteiger partial charge in [-0.05, 0) is 24.3 Å². The van der Waals surface area contributed by atoms with Crippen LogP contribution >= 0.6 is 0 Å². The van der Waals surface area contributed by atoms with Crippen molar-refractivity contribution < 1.29 is 27.3 Å². The smallest absolute Gasteiger partial charge is 0.124 e. The normalized spacial score (nSPS) is 15.7. The molecule has 2 aliphatic rings. The van der Waals surface area contributed by atoms with Gasteiger partial charge in [-0.1, -0.05) is 24.3 Å². The fraction of sp³-hybridized carbons (Fsp3) is 0.364. The van der Waals surface area contributed by atoms with Gasteiger partial charge in [-0.25, -0.2) is 0 Å². The molecule has 0 amide bonds. The fourth-order valence-electron chi connectivity index (χ4n) is 2.51. The summed E-state index contributed by atoms with van der Waals surface area (Å²) in [5.41, 5.74) is 1.58. The van der Waals surface area contributed by atoms with Gasteiger partial charge < -0.3 is 10.2 Å². The minimum atomic E-state index is 0. The Bertz CT molecular complexity index is 737. The van der Waals surface area contributed by atoms with E-state index in [9.17, 15) is 10.2 Å². The van der Waals surface area contributed by atoms with E-state index >= 15 is 0 Å². The van der Waals surface area contributed by atoms with Crippen molar-refractivity contribution in [2.24, 2.45) is 9.98 Å². The van der Waals surface area contributed by atoms with E-state index in [-0.39, 0.29) is 17.1 Å². The SMILES string of the molecule is Oc1ccccc1C=NCCN1CC1.Oc1ccccc1C=NCCN1CC1.[Cu]. The molecule has 2 heterocycles. The molecule has 2 aromatic carbocycles. The maximum Gasteiger partial charge on any atom is 0.124 e. The monoisotopic (exact) mass is 443 g/mol. The second-order valence-electron chi connectivity index (χ2n) is 6.87. The summed E-state index contributed by atoms with van der Waals surface area (Å²) in [6.07, 6.45) is 3.47. The first-order valence-corrected chi connectivity index (χ1v) is 9.73. The topological polar surface area (TPSA) is 71.2 Å². The Balaban J connectivity index is 0.000000200. The predicted molar refractivity (Wildman–Crippen MR) is 114 cm³/mol. The molecule has 1 radical (unpaired) electrons. The molecular formula is C22H28CuN4O2. The summed E-state index contributed by atoms with van der Waals surface area (Å²) in [4.78, 5) is 13.2. The number of aliphatic imine (C=N–C) groups is 2. The maximum absolute atomic E-state index is 9.43. The van der Waals surface area contributed by atoms with Gasteiger partial charge in [0, 0.05) is 79.9 Å². The van der Waals surface area contributed by atoms with Crippen LogP contribution in [0.4, 0.5) is 0 Å². The minimum absolute atomic E-state index is 0. The summed E-state index contributed by atoms with van der Waals surface area (Å²) in [6.45, 7) is 8.55. The number of rotatable bonds is 8. The number of phenolic OH excluding ortho intramolecular Hbond substituents is 2. The average Bonchev–Trinajstić information content (AvgIpc) is 3.61. The fourth-order valence-corrected chi connectivity index (χ4v) is 2.51. The van der Waals surface area contributed by atoms with Crippen molar-refractivity contribution in [1.29, 1.82) is 0 Å². The summed E-state index contributed by atoms with van der Waals surface area (Å²) in [5.74, 6) is 0.589. The van der Waals surface area contributed by atoms with Gasteiger partial charge >= 0.3 is 0 Å². The van der Waals surface area contributed by atoms with Crippen LogP contribution in [0.5, 0.6) is 11.5 Å². The number of para-hydroxylation sites is 2. The van der Waals surface area contributed by atoms with Crippen LogP contribution in [0.1, 0.15) is 11.1 Å². The molecule has 0 unspecified atom stereocenters. The molecule has 2 fully saturated rings. The average molecular weight is 444 g/mol. The summed E-state index contributed by atoms with van der Waals surface area (Å²) in [6, 6.07) is 14.5. The Labute approximate surface area is 183 Å². The number of benzene rings is 2. The second-order valence-corrected chi connectivity index (χ2v) is 6.87. The summed E-state index contributed by atoms with van der Waals surface area (Å²) >= 11 is 0. The molecule has 0 saturated carbocycles. The van der Waals surface area contributed by atoms with Crippen molar-refractivity contribution in [2.75, 3.05) is 52.4 Å². The molecule has 6 nitrogen and oxygen atoms in total. The third-order valence-electron chi connectivity index (χ3n) is 4.50. The van der Waals surface area contributed by atoms with E-state index in [4.69, 9.17) is 0 Å². The zero-order valence-electron chi connectivity index (χ0n) is 16.4. The van der Waals surface area contributed by atoms with E-state index in [1.165, 1.54) is 26.2 Å². The van der Waals surface area contributed by atoms with E-state index in [0.717, 1.165) is 37.3 Å². The van der Waals surface area contributed by atoms with Gasteiger partial charge in [0.2, 0.25) is 0 Å². The molecule has 0 aliphatic carbocycles. The number of aromatic hydroxyl groups is 2. The van der Waals surface area contributed by atoms with Gasteiger partial charge in [0.05, 0.1) is 13.1 Å². The largest absolute Gasteiger partial charge is 0.507 e. The van der Waals surface area contributed by atoms with Gasteiger partial charge in [-0.3, -0.25) is 19.8 Å². The first-order chi connectivity index (χ1) is 13.7. The van der Waals surface area contributed by atoms with Crippen molar-refractivity contribution >= 4 is 12.4 Å². The summed E-state index contributed by atoms with van der Waals surface area (Å²) in [5, 5.41) is 18.9. The quantitative estimate of drug-likeness (QED) is 0.373. The molecule has 0 spiro atoms. The third-order valence-corrected chi connectivity index (χ3v) is 4.50. The van der Waals surface area contributed by atoms with Gasteiger partial charge in [0.1, 0.15) is 11.5 Å². The Morgan fingerprint density at radius 3 is 1.41 bits per heavy atom. The van der Waals surface area contributed by atoms with Gasteiger partial charge in [-0.15, -0.1) is 0 Å². The Morgan fingerprint density at radius 1 is 0.690 bits per heavy atom. The van der Waals surface area contributed by atoms with Crippen LogP contribution in [0.15, 0.2) is 58.5 Å². The Morgan fingerprint density at radius 2 is 1.07 bits per heavy atom. The van der Waals surface area contributed by atoms with Gasteiger partial charge in [-0.2, -0.15) is 0 Å². The van der Waals surface area contributed by atoms with Crippen LogP contribution in [0.2, 0.25) is 0 Å². The zero-order chi connectivity index (χ0) is 19.6. The van der Waals surface area contributed by atoms with Crippen LogP contribution in [-0.4, -0.2) is 84.8 Å². The molecule has 0 atom stereocenters. The van der Waals surface area contributed by atoms with E-state index in [2.05, 4.69) is 19.8 Å². The molecule has 2 aliphatic heterocycles. The predicted octanol–water partition coefficient (Wildman–Crippen LogP) is 2.25. The van der Waals surface area contributed by atoms with Crippen LogP contribution in [0.25, 0.3) is 0 Å². The van der Waals surface area contributed by atoms with Crippen molar-refractivity contribution in [1.82, 2.24) is 9.80 Å². The van der Waals surface area contributed by atoms with Crippen molar-refractivity contribution in [3.8, 4) is 11.5 Å². The third kappa shape index (κ3) is 9.24. The number of nitrogens with zero attached hydrogens (tertiary/aromatic N) is 4. The van der Waals surface area contributed by atoms with Gasteiger partial charge in [0.25, 0.3) is 0 Å². The zero-order valence-corrected chi connectivity index (χ0v) is 17.4. The van der Waals surface area contributed by atoms with Crippen molar-refractivity contribution in [2.45, 2.75) is 0 Å². The van der Waals surface area contributed by atoms with Crippen LogP contribution in [-0.2, 0) is 17.1 Å². The van der Waals surface area contributed by atoms with E-state index in [0.29, 0.717) is 11.5 Å². The van der Waals surface area contributed by atoms with Crippen molar-refractivity contribution in [3.63, 3.8) is 0 Å². The molecule has 29 heavy (non-hydrogen) atoms. The maximum atomic E-state index is 9.43. The molecule has 0 aromatic heterocycles. The van der Waals surface area contributed by atoms with Gasteiger partial charge in [0.15, 0.2) is 0 Å². The van der Waals surface area contributed by atoms with E-state index in [1.54, 1.807) is 24.6 Å². The molecule has 2 saturated heterocycles. The number of hydrogen-bond donors (Lipinski definition) is 2. The van der Waals surface area contributed by atoms with Crippen LogP contribution in [0, 0.1) is 0 Å². The first-order valence-electron chi connectivity index (χ1n) is 9.73. The standard InChI is InChI=1S/2C11H14N2O.Cu/c2*14-11-4-2-1-3-10(11)9-12-5-6-13-7-8-13;/h2*1-4,9,14H,5-8H2;.